The highest BCUT2D eigenvalue weighted by Gasteiger charge is 2.50. The zero-order chi connectivity index (χ0) is 21.4. The fourth-order valence-electron chi connectivity index (χ4n) is 3.31. The lowest BCUT2D eigenvalue weighted by atomic mass is 9.92. The number of nitrogens with zero attached hydrogens (tertiary/aromatic N) is 2. The number of hydrogen-bond acceptors (Lipinski definition) is 5. The van der Waals surface area contributed by atoms with Crippen molar-refractivity contribution in [3.8, 4) is 5.75 Å². The molecule has 3 rings (SSSR count). The summed E-state index contributed by atoms with van der Waals surface area (Å²) < 4.78 is 46.1. The van der Waals surface area contributed by atoms with Crippen LogP contribution in [0.1, 0.15) is 19.4 Å². The highest BCUT2D eigenvalue weighted by Crippen LogP contribution is 2.31. The number of ether oxygens (including phenoxy) is 2. The SMILES string of the molecule is CC1CN(C(=O)CN2C(=O)NC(C)(c3ccc(OC(F)(F)F)cc3)C2=O)CCO1. The van der Waals surface area contributed by atoms with Gasteiger partial charge in [0.1, 0.15) is 17.8 Å². The third-order valence-electron chi connectivity index (χ3n) is 4.83. The zero-order valence-electron chi connectivity index (χ0n) is 15.8. The van der Waals surface area contributed by atoms with Gasteiger partial charge in [0.2, 0.25) is 5.91 Å². The van der Waals surface area contributed by atoms with Crippen molar-refractivity contribution in [1.82, 2.24) is 15.1 Å². The number of benzene rings is 1. The number of morpholine rings is 1. The van der Waals surface area contributed by atoms with E-state index >= 15 is 0 Å². The van der Waals surface area contributed by atoms with Gasteiger partial charge in [-0.05, 0) is 31.5 Å². The molecule has 2 fully saturated rings. The molecule has 2 unspecified atom stereocenters. The number of alkyl halides is 3. The monoisotopic (exact) mass is 415 g/mol. The average molecular weight is 415 g/mol. The van der Waals surface area contributed by atoms with Crippen LogP contribution < -0.4 is 10.1 Å². The molecule has 1 aromatic rings. The second-order valence-corrected chi connectivity index (χ2v) is 7.04. The Morgan fingerprint density at radius 2 is 1.97 bits per heavy atom. The van der Waals surface area contributed by atoms with Gasteiger partial charge in [0.25, 0.3) is 5.91 Å². The first-order valence-corrected chi connectivity index (χ1v) is 8.89. The Labute approximate surface area is 164 Å². The highest BCUT2D eigenvalue weighted by atomic mass is 19.4. The van der Waals surface area contributed by atoms with Crippen LogP contribution in [0.25, 0.3) is 0 Å². The molecule has 0 saturated carbocycles. The van der Waals surface area contributed by atoms with E-state index in [0.717, 1.165) is 17.0 Å². The van der Waals surface area contributed by atoms with Crippen LogP contribution in [0.3, 0.4) is 0 Å². The summed E-state index contributed by atoms with van der Waals surface area (Å²) in [4.78, 5) is 40.0. The summed E-state index contributed by atoms with van der Waals surface area (Å²) in [7, 11) is 0. The molecule has 2 atom stereocenters. The van der Waals surface area contributed by atoms with Crippen LogP contribution in [0.15, 0.2) is 24.3 Å². The number of nitrogens with one attached hydrogen (secondary N) is 1. The lowest BCUT2D eigenvalue weighted by molar-refractivity contribution is -0.274. The van der Waals surface area contributed by atoms with E-state index in [9.17, 15) is 27.6 Å². The normalized spacial score (nSPS) is 25.2. The molecule has 0 spiro atoms. The Morgan fingerprint density at radius 3 is 2.55 bits per heavy atom. The van der Waals surface area contributed by atoms with Gasteiger partial charge in [-0.15, -0.1) is 13.2 Å². The minimum atomic E-state index is -4.84. The van der Waals surface area contributed by atoms with E-state index in [1.807, 2.05) is 6.92 Å². The van der Waals surface area contributed by atoms with Crippen molar-refractivity contribution in [1.29, 1.82) is 0 Å². The van der Waals surface area contributed by atoms with E-state index in [1.54, 1.807) is 0 Å². The van der Waals surface area contributed by atoms with Gasteiger partial charge >= 0.3 is 12.4 Å². The lowest BCUT2D eigenvalue weighted by Crippen LogP contribution is -2.49. The molecule has 0 aliphatic carbocycles. The molecule has 11 heteroatoms. The molecular formula is C18H20F3N3O5. The third kappa shape index (κ3) is 4.44. The van der Waals surface area contributed by atoms with Gasteiger partial charge in [0.15, 0.2) is 0 Å². The Bertz CT molecular complexity index is 814. The van der Waals surface area contributed by atoms with Crippen molar-refractivity contribution in [3.63, 3.8) is 0 Å². The maximum absolute atomic E-state index is 12.9. The molecule has 2 aliphatic heterocycles. The minimum Gasteiger partial charge on any atom is -0.406 e. The standard InChI is InChI=1S/C18H20F3N3O5/c1-11-9-23(7-8-28-11)14(25)10-24-15(26)17(2,22-16(24)27)12-3-5-13(6-4-12)29-18(19,20)21/h3-6,11H,7-10H2,1-2H3,(H,22,27). The molecule has 2 saturated heterocycles. The van der Waals surface area contributed by atoms with Crippen LogP contribution in [0.4, 0.5) is 18.0 Å². The largest absolute Gasteiger partial charge is 0.573 e. The number of imide groups is 1. The van der Waals surface area contributed by atoms with Crippen LogP contribution in [-0.4, -0.2) is 66.4 Å². The Kier molecular flexibility index (Phi) is 5.44. The van der Waals surface area contributed by atoms with E-state index in [-0.39, 0.29) is 17.6 Å². The van der Waals surface area contributed by atoms with Gasteiger partial charge in [-0.1, -0.05) is 12.1 Å². The Hall–Kier alpha value is -2.82. The topological polar surface area (TPSA) is 88.2 Å². The lowest BCUT2D eigenvalue weighted by Gasteiger charge is -2.32. The molecule has 29 heavy (non-hydrogen) atoms. The molecule has 2 aliphatic rings. The Balaban J connectivity index is 1.72. The van der Waals surface area contributed by atoms with Gasteiger partial charge < -0.3 is 19.7 Å². The van der Waals surface area contributed by atoms with Crippen LogP contribution >= 0.6 is 0 Å². The summed E-state index contributed by atoms with van der Waals surface area (Å²) >= 11 is 0. The number of hydrogen-bond donors (Lipinski definition) is 1. The summed E-state index contributed by atoms with van der Waals surface area (Å²) in [6.45, 7) is 3.91. The molecule has 0 aromatic heterocycles. The van der Waals surface area contributed by atoms with Crippen molar-refractivity contribution in [3.05, 3.63) is 29.8 Å². The quantitative estimate of drug-likeness (QED) is 0.755. The van der Waals surface area contributed by atoms with Gasteiger partial charge in [-0.3, -0.25) is 14.5 Å². The zero-order valence-corrected chi connectivity index (χ0v) is 15.8. The number of rotatable bonds is 4. The number of halogens is 3. The number of carbonyl (C=O) groups is 3. The molecule has 1 N–H and O–H groups in total. The first kappa shape index (κ1) is 20.9. The maximum atomic E-state index is 12.9. The third-order valence-corrected chi connectivity index (χ3v) is 4.83. The molecule has 8 nitrogen and oxygen atoms in total. The van der Waals surface area contributed by atoms with E-state index in [0.29, 0.717) is 19.7 Å². The summed E-state index contributed by atoms with van der Waals surface area (Å²) in [5.41, 5.74) is -1.24. The van der Waals surface area contributed by atoms with Gasteiger partial charge in [-0.25, -0.2) is 4.79 Å². The fourth-order valence-corrected chi connectivity index (χ4v) is 3.31. The van der Waals surface area contributed by atoms with Crippen molar-refractivity contribution < 1.29 is 37.0 Å². The first-order chi connectivity index (χ1) is 13.5. The van der Waals surface area contributed by atoms with E-state index < -0.39 is 36.1 Å². The summed E-state index contributed by atoms with van der Waals surface area (Å²) in [6, 6.07) is 3.87. The predicted octanol–water partition coefficient (Wildman–Crippen LogP) is 1.60. The van der Waals surface area contributed by atoms with Crippen molar-refractivity contribution in [2.75, 3.05) is 26.2 Å². The highest BCUT2D eigenvalue weighted by molar-refractivity contribution is 6.09. The van der Waals surface area contributed by atoms with Crippen LogP contribution in [0.5, 0.6) is 5.75 Å². The van der Waals surface area contributed by atoms with Gasteiger partial charge in [0.05, 0.1) is 12.7 Å². The van der Waals surface area contributed by atoms with Gasteiger partial charge in [0, 0.05) is 13.1 Å². The summed E-state index contributed by atoms with van der Waals surface area (Å²) in [5.74, 6) is -1.50. The van der Waals surface area contributed by atoms with Crippen molar-refractivity contribution >= 4 is 17.8 Å². The number of urea groups is 1. The number of amides is 4. The van der Waals surface area contributed by atoms with E-state index in [1.165, 1.54) is 24.0 Å². The number of carbonyl (C=O) groups excluding carboxylic acids is 3. The molecular weight excluding hydrogens is 395 g/mol. The molecule has 0 radical (unpaired) electrons. The second-order valence-electron chi connectivity index (χ2n) is 7.04. The van der Waals surface area contributed by atoms with Crippen molar-refractivity contribution in [2.45, 2.75) is 31.9 Å². The molecule has 2 heterocycles. The van der Waals surface area contributed by atoms with Crippen LogP contribution in [-0.2, 0) is 19.9 Å². The van der Waals surface area contributed by atoms with Gasteiger partial charge in [-0.2, -0.15) is 0 Å². The average Bonchev–Trinajstić information content (AvgIpc) is 2.85. The first-order valence-electron chi connectivity index (χ1n) is 8.89. The fraction of sp³-hybridized carbons (Fsp3) is 0.500. The Morgan fingerprint density at radius 1 is 1.31 bits per heavy atom. The molecule has 0 bridgehead atoms. The molecule has 158 valence electrons. The van der Waals surface area contributed by atoms with E-state index in [2.05, 4.69) is 10.1 Å². The van der Waals surface area contributed by atoms with Crippen LogP contribution in [0.2, 0.25) is 0 Å². The molecule has 1 aromatic carbocycles. The molecule has 4 amide bonds. The van der Waals surface area contributed by atoms with Crippen molar-refractivity contribution in [2.24, 2.45) is 0 Å². The predicted molar refractivity (Wildman–Crippen MR) is 92.7 cm³/mol. The summed E-state index contributed by atoms with van der Waals surface area (Å²) in [5, 5.41) is 2.51. The maximum Gasteiger partial charge on any atom is 0.573 e. The summed E-state index contributed by atoms with van der Waals surface area (Å²) in [6.07, 6.45) is -4.98. The van der Waals surface area contributed by atoms with Crippen LogP contribution in [0, 0.1) is 0 Å². The second kappa shape index (κ2) is 7.54. The minimum absolute atomic E-state index is 0.140. The van der Waals surface area contributed by atoms with E-state index in [4.69, 9.17) is 4.74 Å². The smallest absolute Gasteiger partial charge is 0.406 e.